The molecule has 0 rings (SSSR count). The van der Waals surface area contributed by atoms with Crippen LogP contribution in [0, 0.1) is 5.92 Å². The lowest BCUT2D eigenvalue weighted by molar-refractivity contribution is -0.131. The zero-order chi connectivity index (χ0) is 17.3. The molecule has 1 atom stereocenters. The molecule has 0 fully saturated rings. The number of amides is 2. The maximum Gasteiger partial charge on any atom is 0.233 e. The zero-order valence-electron chi connectivity index (χ0n) is 14.8. The quantitative estimate of drug-likeness (QED) is 0.715. The van der Waals surface area contributed by atoms with Crippen molar-refractivity contribution in [2.24, 2.45) is 5.92 Å². The molecule has 2 amide bonds. The molecule has 0 aromatic heterocycles. The second-order valence-electron chi connectivity index (χ2n) is 3.78. The summed E-state index contributed by atoms with van der Waals surface area (Å²) in [5.74, 6) is -0.873. The van der Waals surface area contributed by atoms with Gasteiger partial charge in [-0.15, -0.1) is 0 Å². The third-order valence-electron chi connectivity index (χ3n) is 2.35. The van der Waals surface area contributed by atoms with Crippen molar-refractivity contribution in [3.63, 3.8) is 0 Å². The molecule has 0 saturated carbocycles. The van der Waals surface area contributed by atoms with Gasteiger partial charge in [0.1, 0.15) is 0 Å². The van der Waals surface area contributed by atoms with Crippen LogP contribution >= 0.6 is 0 Å². The molecule has 0 spiro atoms. The Balaban J connectivity index is -0.000000739. The number of allylic oxidation sites excluding steroid dienone is 4. The summed E-state index contributed by atoms with van der Waals surface area (Å²) >= 11 is 0. The fraction of sp³-hybridized carbons (Fsp3) is 0.556. The monoisotopic (exact) mass is 295 g/mol. The molecule has 3 nitrogen and oxygen atoms in total. The summed E-state index contributed by atoms with van der Waals surface area (Å²) in [5, 5.41) is 2.38. The SMILES string of the molecule is C=C/C(=C\C=C/C)C(C)C(=O)NC(=O)CCC.CC.CC. The molecule has 0 saturated heterocycles. The number of carbonyl (C=O) groups is 2. The van der Waals surface area contributed by atoms with Gasteiger partial charge in [-0.2, -0.15) is 0 Å². The molecule has 0 aliphatic carbocycles. The highest BCUT2D eigenvalue weighted by molar-refractivity contribution is 5.97. The third-order valence-corrected chi connectivity index (χ3v) is 2.35. The Morgan fingerprint density at radius 1 is 1.19 bits per heavy atom. The molecule has 0 aliphatic rings. The molecular formula is C18H33NO2. The van der Waals surface area contributed by atoms with Crippen LogP contribution in [0.5, 0.6) is 0 Å². The molecule has 0 aromatic carbocycles. The van der Waals surface area contributed by atoms with Gasteiger partial charge in [0.25, 0.3) is 0 Å². The van der Waals surface area contributed by atoms with Gasteiger partial charge in [-0.05, 0) is 25.8 Å². The Bertz CT molecular complexity index is 341. The lowest BCUT2D eigenvalue weighted by Crippen LogP contribution is -2.34. The Labute approximate surface area is 131 Å². The Hall–Kier alpha value is -1.64. The van der Waals surface area contributed by atoms with Crippen LogP contribution in [0.25, 0.3) is 0 Å². The van der Waals surface area contributed by atoms with Gasteiger partial charge < -0.3 is 0 Å². The van der Waals surface area contributed by atoms with E-state index in [2.05, 4.69) is 11.9 Å². The summed E-state index contributed by atoms with van der Waals surface area (Å²) in [6.45, 7) is 17.2. The van der Waals surface area contributed by atoms with E-state index in [-0.39, 0.29) is 17.7 Å². The molecular weight excluding hydrogens is 262 g/mol. The van der Waals surface area contributed by atoms with Crippen LogP contribution in [0.2, 0.25) is 0 Å². The fourth-order valence-corrected chi connectivity index (χ4v) is 1.28. The van der Waals surface area contributed by atoms with E-state index in [9.17, 15) is 9.59 Å². The first kappa shape index (κ1) is 24.4. The van der Waals surface area contributed by atoms with Gasteiger partial charge in [-0.25, -0.2) is 0 Å². The molecule has 21 heavy (non-hydrogen) atoms. The number of imide groups is 1. The molecule has 122 valence electrons. The summed E-state index contributed by atoms with van der Waals surface area (Å²) in [6.07, 6.45) is 8.28. The normalized spacial score (nSPS) is 11.5. The third kappa shape index (κ3) is 13.1. The average molecular weight is 295 g/mol. The molecule has 1 unspecified atom stereocenters. The van der Waals surface area contributed by atoms with E-state index in [0.29, 0.717) is 6.42 Å². The van der Waals surface area contributed by atoms with Gasteiger partial charge in [0.2, 0.25) is 11.8 Å². The second-order valence-corrected chi connectivity index (χ2v) is 3.78. The van der Waals surface area contributed by atoms with Crippen molar-refractivity contribution in [3.05, 3.63) is 36.5 Å². The summed E-state index contributed by atoms with van der Waals surface area (Å²) in [4.78, 5) is 23.0. The number of hydrogen-bond acceptors (Lipinski definition) is 2. The summed E-state index contributed by atoms with van der Waals surface area (Å²) in [7, 11) is 0. The van der Waals surface area contributed by atoms with Crippen molar-refractivity contribution in [1.29, 1.82) is 0 Å². The highest BCUT2D eigenvalue weighted by atomic mass is 16.2. The largest absolute Gasteiger partial charge is 0.296 e. The predicted molar refractivity (Wildman–Crippen MR) is 93.0 cm³/mol. The van der Waals surface area contributed by atoms with Crippen molar-refractivity contribution in [2.45, 2.75) is 61.3 Å². The smallest absolute Gasteiger partial charge is 0.233 e. The fourth-order valence-electron chi connectivity index (χ4n) is 1.28. The molecule has 0 radical (unpaired) electrons. The summed E-state index contributed by atoms with van der Waals surface area (Å²) in [5.41, 5.74) is 0.796. The van der Waals surface area contributed by atoms with Gasteiger partial charge in [0.05, 0.1) is 5.92 Å². The second kappa shape index (κ2) is 18.4. The Morgan fingerprint density at radius 2 is 1.71 bits per heavy atom. The van der Waals surface area contributed by atoms with E-state index >= 15 is 0 Å². The topological polar surface area (TPSA) is 46.2 Å². The average Bonchev–Trinajstić information content (AvgIpc) is 2.52. The minimum absolute atomic E-state index is 0.223. The Kier molecular flexibility index (Phi) is 21.3. The summed E-state index contributed by atoms with van der Waals surface area (Å²) in [6, 6.07) is 0. The maximum absolute atomic E-state index is 11.7. The first-order valence-corrected chi connectivity index (χ1v) is 7.85. The minimum Gasteiger partial charge on any atom is -0.296 e. The standard InChI is InChI=1S/C14H21NO2.2C2H6/c1-5-8-10-12(7-3)11(4)14(17)15-13(16)9-6-2;2*1-2/h5,7-8,10-11H,3,6,9H2,1-2,4H3,(H,15,16,17);2*1-2H3/b8-5-,12-10+;;. The van der Waals surface area contributed by atoms with Crippen molar-refractivity contribution in [3.8, 4) is 0 Å². The van der Waals surface area contributed by atoms with Crippen LogP contribution in [0.4, 0.5) is 0 Å². The number of hydrogen-bond donors (Lipinski definition) is 1. The van der Waals surface area contributed by atoms with Crippen LogP contribution < -0.4 is 5.32 Å². The zero-order valence-corrected chi connectivity index (χ0v) is 14.8. The van der Waals surface area contributed by atoms with Crippen LogP contribution in [0.15, 0.2) is 36.5 Å². The van der Waals surface area contributed by atoms with Gasteiger partial charge in [-0.1, -0.05) is 65.5 Å². The lowest BCUT2D eigenvalue weighted by atomic mass is 9.99. The molecule has 0 heterocycles. The van der Waals surface area contributed by atoms with E-state index in [0.717, 1.165) is 12.0 Å². The van der Waals surface area contributed by atoms with Crippen LogP contribution in [0.1, 0.15) is 61.3 Å². The number of rotatable bonds is 6. The van der Waals surface area contributed by atoms with Gasteiger partial charge in [-0.3, -0.25) is 14.9 Å². The number of nitrogens with one attached hydrogen (secondary N) is 1. The molecule has 1 N–H and O–H groups in total. The lowest BCUT2D eigenvalue weighted by Gasteiger charge is -2.11. The van der Waals surface area contributed by atoms with E-state index in [1.807, 2.05) is 59.8 Å². The van der Waals surface area contributed by atoms with Crippen LogP contribution in [0.3, 0.4) is 0 Å². The van der Waals surface area contributed by atoms with E-state index in [1.165, 1.54) is 0 Å². The van der Waals surface area contributed by atoms with E-state index in [4.69, 9.17) is 0 Å². The Morgan fingerprint density at radius 3 is 2.10 bits per heavy atom. The molecule has 3 heteroatoms. The molecule has 0 aromatic rings. The van der Waals surface area contributed by atoms with Crippen molar-refractivity contribution >= 4 is 11.8 Å². The van der Waals surface area contributed by atoms with Crippen LogP contribution in [-0.4, -0.2) is 11.8 Å². The van der Waals surface area contributed by atoms with Gasteiger partial charge >= 0.3 is 0 Å². The van der Waals surface area contributed by atoms with Crippen LogP contribution in [-0.2, 0) is 9.59 Å². The van der Waals surface area contributed by atoms with Crippen molar-refractivity contribution < 1.29 is 9.59 Å². The first-order chi connectivity index (χ1) is 10.1. The van der Waals surface area contributed by atoms with Gasteiger partial charge in [0, 0.05) is 6.42 Å². The summed E-state index contributed by atoms with van der Waals surface area (Å²) < 4.78 is 0. The number of carbonyl (C=O) groups excluding carboxylic acids is 2. The predicted octanol–water partition coefficient (Wildman–Crippen LogP) is 4.81. The maximum atomic E-state index is 11.7. The first-order valence-electron chi connectivity index (χ1n) is 7.85. The van der Waals surface area contributed by atoms with E-state index < -0.39 is 0 Å². The van der Waals surface area contributed by atoms with Crippen molar-refractivity contribution in [1.82, 2.24) is 5.32 Å². The van der Waals surface area contributed by atoms with Crippen molar-refractivity contribution in [2.75, 3.05) is 0 Å². The minimum atomic E-state index is -0.371. The van der Waals surface area contributed by atoms with Gasteiger partial charge in [0.15, 0.2) is 0 Å². The highest BCUT2D eigenvalue weighted by Crippen LogP contribution is 2.12. The molecule has 0 aliphatic heterocycles. The molecule has 0 bridgehead atoms. The van der Waals surface area contributed by atoms with E-state index in [1.54, 1.807) is 13.0 Å². The highest BCUT2D eigenvalue weighted by Gasteiger charge is 2.17.